The van der Waals surface area contributed by atoms with Crippen LogP contribution >= 0.6 is 0 Å². The third-order valence-corrected chi connectivity index (χ3v) is 2.79. The van der Waals surface area contributed by atoms with Gasteiger partial charge in [-0.05, 0) is 29.8 Å². The lowest BCUT2D eigenvalue weighted by Crippen LogP contribution is -2.06. The highest BCUT2D eigenvalue weighted by Crippen LogP contribution is 2.24. The second kappa shape index (κ2) is 6.21. The van der Waals surface area contributed by atoms with E-state index in [1.807, 2.05) is 0 Å². The van der Waals surface area contributed by atoms with E-state index in [2.05, 4.69) is 4.74 Å². The van der Waals surface area contributed by atoms with Crippen LogP contribution in [-0.4, -0.2) is 13.1 Å². The van der Waals surface area contributed by atoms with Crippen LogP contribution < -0.4 is 10.5 Å². The molecule has 0 bridgehead atoms. The summed E-state index contributed by atoms with van der Waals surface area (Å²) in [5, 5.41) is 0. The van der Waals surface area contributed by atoms with E-state index in [9.17, 15) is 13.6 Å². The normalized spacial score (nSPS) is 10.2. The minimum Gasteiger partial charge on any atom is -0.488 e. The highest BCUT2D eigenvalue weighted by Gasteiger charge is 2.13. The molecule has 2 N–H and O–H groups in total. The maximum atomic E-state index is 13.1. The van der Waals surface area contributed by atoms with E-state index in [0.29, 0.717) is 11.3 Å². The van der Waals surface area contributed by atoms with Crippen molar-refractivity contribution in [3.63, 3.8) is 0 Å². The quantitative estimate of drug-likeness (QED) is 0.695. The molecule has 0 radical (unpaired) electrons. The Kier molecular flexibility index (Phi) is 4.37. The highest BCUT2D eigenvalue weighted by molar-refractivity contribution is 5.93. The van der Waals surface area contributed by atoms with Gasteiger partial charge in [-0.3, -0.25) is 0 Å². The molecular formula is C15H13F2NO3. The van der Waals surface area contributed by atoms with Gasteiger partial charge < -0.3 is 15.2 Å². The molecule has 0 saturated carbocycles. The van der Waals surface area contributed by atoms with Crippen LogP contribution in [-0.2, 0) is 11.3 Å². The summed E-state index contributed by atoms with van der Waals surface area (Å²) in [6.45, 7) is -0.0371. The number of halogens is 2. The number of rotatable bonds is 4. The average Bonchev–Trinajstić information content (AvgIpc) is 2.48. The van der Waals surface area contributed by atoms with Crippen molar-refractivity contribution in [2.75, 3.05) is 12.8 Å². The van der Waals surface area contributed by atoms with E-state index >= 15 is 0 Å². The Balaban J connectivity index is 2.20. The van der Waals surface area contributed by atoms with Gasteiger partial charge in [0.25, 0.3) is 0 Å². The Morgan fingerprint density at radius 2 is 1.90 bits per heavy atom. The lowest BCUT2D eigenvalue weighted by atomic mass is 10.2. The van der Waals surface area contributed by atoms with Gasteiger partial charge in [0.1, 0.15) is 17.9 Å². The molecule has 0 aromatic heterocycles. The van der Waals surface area contributed by atoms with Crippen molar-refractivity contribution in [2.45, 2.75) is 6.61 Å². The molecule has 0 saturated heterocycles. The van der Waals surface area contributed by atoms with Crippen molar-refractivity contribution < 1.29 is 23.0 Å². The summed E-state index contributed by atoms with van der Waals surface area (Å²) in [5.74, 6) is -2.25. The van der Waals surface area contributed by atoms with E-state index in [-0.39, 0.29) is 17.9 Å². The van der Waals surface area contributed by atoms with Crippen molar-refractivity contribution in [2.24, 2.45) is 0 Å². The number of benzene rings is 2. The molecule has 0 fully saturated rings. The van der Waals surface area contributed by atoms with Gasteiger partial charge in [-0.15, -0.1) is 0 Å². The number of anilines is 1. The Morgan fingerprint density at radius 1 is 1.14 bits per heavy atom. The summed E-state index contributed by atoms with van der Waals surface area (Å²) >= 11 is 0. The summed E-state index contributed by atoms with van der Waals surface area (Å²) in [6.07, 6.45) is 0. The van der Waals surface area contributed by atoms with E-state index in [4.69, 9.17) is 10.5 Å². The van der Waals surface area contributed by atoms with Crippen LogP contribution in [0, 0.1) is 11.6 Å². The summed E-state index contributed by atoms with van der Waals surface area (Å²) < 4.78 is 36.0. The lowest BCUT2D eigenvalue weighted by Gasteiger charge is -2.11. The van der Waals surface area contributed by atoms with Gasteiger partial charge in [0.2, 0.25) is 0 Å². The molecule has 0 unspecified atom stereocenters. The fourth-order valence-corrected chi connectivity index (χ4v) is 1.73. The topological polar surface area (TPSA) is 61.5 Å². The lowest BCUT2D eigenvalue weighted by molar-refractivity contribution is 0.0595. The van der Waals surface area contributed by atoms with Gasteiger partial charge in [-0.25, -0.2) is 13.6 Å². The van der Waals surface area contributed by atoms with E-state index in [1.54, 1.807) is 0 Å². The van der Waals surface area contributed by atoms with Crippen molar-refractivity contribution in [3.05, 3.63) is 59.2 Å². The monoisotopic (exact) mass is 293 g/mol. The molecule has 0 amide bonds. The van der Waals surface area contributed by atoms with Crippen LogP contribution in [0.4, 0.5) is 14.5 Å². The fraction of sp³-hybridized carbons (Fsp3) is 0.133. The van der Waals surface area contributed by atoms with E-state index in [0.717, 1.165) is 12.1 Å². The average molecular weight is 293 g/mol. The van der Waals surface area contributed by atoms with Gasteiger partial charge in [0.05, 0.1) is 7.11 Å². The predicted molar refractivity (Wildman–Crippen MR) is 72.9 cm³/mol. The van der Waals surface area contributed by atoms with Crippen LogP contribution in [0.25, 0.3) is 0 Å². The number of nitrogens with two attached hydrogens (primary N) is 1. The maximum absolute atomic E-state index is 13.1. The number of hydrogen-bond donors (Lipinski definition) is 1. The minimum absolute atomic E-state index is 0.0371. The number of methoxy groups -OCH3 is 1. The first kappa shape index (κ1) is 14.8. The third-order valence-electron chi connectivity index (χ3n) is 2.79. The Morgan fingerprint density at radius 3 is 2.57 bits per heavy atom. The SMILES string of the molecule is COC(=O)c1ccc(N)cc1OCc1ccc(F)c(F)c1. The maximum Gasteiger partial charge on any atom is 0.341 e. The zero-order valence-corrected chi connectivity index (χ0v) is 11.2. The molecule has 21 heavy (non-hydrogen) atoms. The second-order valence-corrected chi connectivity index (χ2v) is 4.28. The zero-order valence-electron chi connectivity index (χ0n) is 11.2. The first-order chi connectivity index (χ1) is 10.0. The molecule has 0 aliphatic carbocycles. The molecule has 6 heteroatoms. The molecule has 2 aromatic carbocycles. The van der Waals surface area contributed by atoms with Crippen LogP contribution in [0.1, 0.15) is 15.9 Å². The van der Waals surface area contributed by atoms with Crippen molar-refractivity contribution in [3.8, 4) is 5.75 Å². The van der Waals surface area contributed by atoms with Gasteiger partial charge in [-0.1, -0.05) is 6.07 Å². The fourth-order valence-electron chi connectivity index (χ4n) is 1.73. The first-order valence-electron chi connectivity index (χ1n) is 6.06. The summed E-state index contributed by atoms with van der Waals surface area (Å²) in [7, 11) is 1.25. The molecule has 0 heterocycles. The van der Waals surface area contributed by atoms with Gasteiger partial charge in [0.15, 0.2) is 11.6 Å². The molecule has 110 valence electrons. The number of ether oxygens (including phenoxy) is 2. The number of hydrogen-bond acceptors (Lipinski definition) is 4. The van der Waals surface area contributed by atoms with Gasteiger partial charge >= 0.3 is 5.97 Å². The molecular weight excluding hydrogens is 280 g/mol. The molecule has 0 spiro atoms. The van der Waals surface area contributed by atoms with Crippen molar-refractivity contribution >= 4 is 11.7 Å². The third kappa shape index (κ3) is 3.47. The number of carbonyl (C=O) groups excluding carboxylic acids is 1. The van der Waals surface area contributed by atoms with E-state index in [1.165, 1.54) is 31.4 Å². The van der Waals surface area contributed by atoms with Crippen molar-refractivity contribution in [1.29, 1.82) is 0 Å². The molecule has 0 aliphatic heterocycles. The summed E-state index contributed by atoms with van der Waals surface area (Å²) in [4.78, 5) is 11.6. The van der Waals surface area contributed by atoms with Crippen LogP contribution in [0.2, 0.25) is 0 Å². The number of carbonyl (C=O) groups is 1. The molecule has 4 nitrogen and oxygen atoms in total. The molecule has 2 aromatic rings. The van der Waals surface area contributed by atoms with Crippen LogP contribution in [0.5, 0.6) is 5.75 Å². The van der Waals surface area contributed by atoms with Crippen LogP contribution in [0.15, 0.2) is 36.4 Å². The number of nitrogen functional groups attached to an aromatic ring is 1. The Labute approximate surface area is 120 Å². The highest BCUT2D eigenvalue weighted by atomic mass is 19.2. The first-order valence-corrected chi connectivity index (χ1v) is 6.06. The standard InChI is InChI=1S/C15H13F2NO3/c1-20-15(19)11-4-3-10(18)7-14(11)21-8-9-2-5-12(16)13(17)6-9/h2-7H,8,18H2,1H3. The van der Waals surface area contributed by atoms with Crippen LogP contribution in [0.3, 0.4) is 0 Å². The second-order valence-electron chi connectivity index (χ2n) is 4.28. The Bertz CT molecular complexity index is 674. The number of esters is 1. The largest absolute Gasteiger partial charge is 0.488 e. The predicted octanol–water partition coefficient (Wildman–Crippen LogP) is 2.91. The minimum atomic E-state index is -0.961. The van der Waals surface area contributed by atoms with Crippen molar-refractivity contribution in [1.82, 2.24) is 0 Å². The van der Waals surface area contributed by atoms with E-state index < -0.39 is 17.6 Å². The Hall–Kier alpha value is -2.63. The van der Waals surface area contributed by atoms with Gasteiger partial charge in [-0.2, -0.15) is 0 Å². The summed E-state index contributed by atoms with van der Waals surface area (Å²) in [6, 6.07) is 7.90. The smallest absolute Gasteiger partial charge is 0.341 e. The van der Waals surface area contributed by atoms with Gasteiger partial charge in [0, 0.05) is 11.8 Å². The zero-order chi connectivity index (χ0) is 15.4. The molecule has 2 rings (SSSR count). The molecule has 0 atom stereocenters. The summed E-state index contributed by atoms with van der Waals surface area (Å²) in [5.41, 5.74) is 6.67. The molecule has 0 aliphatic rings.